The second kappa shape index (κ2) is 6.06. The fourth-order valence-corrected chi connectivity index (χ4v) is 2.59. The van der Waals surface area contributed by atoms with E-state index in [1.807, 2.05) is 32.2 Å². The van der Waals surface area contributed by atoms with Gasteiger partial charge in [-0.15, -0.1) is 0 Å². The van der Waals surface area contributed by atoms with Gasteiger partial charge in [0.25, 0.3) is 5.91 Å². The predicted molar refractivity (Wildman–Crippen MR) is 78.7 cm³/mol. The summed E-state index contributed by atoms with van der Waals surface area (Å²) in [6, 6.07) is 5.89. The summed E-state index contributed by atoms with van der Waals surface area (Å²) < 4.78 is 0. The molecule has 1 aliphatic heterocycles. The van der Waals surface area contributed by atoms with Crippen LogP contribution in [0.5, 0.6) is 0 Å². The van der Waals surface area contributed by atoms with E-state index in [9.17, 15) is 4.79 Å². The molecule has 1 unspecified atom stereocenters. The van der Waals surface area contributed by atoms with Crippen molar-refractivity contribution in [1.82, 2.24) is 10.2 Å². The normalized spacial score (nSPS) is 19.4. The van der Waals surface area contributed by atoms with Crippen LogP contribution in [-0.4, -0.2) is 44.5 Å². The Kier molecular flexibility index (Phi) is 4.43. The number of anilines is 1. The summed E-state index contributed by atoms with van der Waals surface area (Å²) in [5, 5.41) is 6.13. The fraction of sp³-hybridized carbons (Fsp3) is 0.533. The maximum Gasteiger partial charge on any atom is 0.253 e. The summed E-state index contributed by atoms with van der Waals surface area (Å²) in [7, 11) is 3.97. The van der Waals surface area contributed by atoms with Crippen molar-refractivity contribution in [1.29, 1.82) is 0 Å². The van der Waals surface area contributed by atoms with Crippen molar-refractivity contribution >= 4 is 11.6 Å². The highest BCUT2D eigenvalue weighted by Crippen LogP contribution is 2.17. The zero-order valence-corrected chi connectivity index (χ0v) is 12.0. The predicted octanol–water partition coefficient (Wildman–Crippen LogP) is 1.72. The van der Waals surface area contributed by atoms with Crippen LogP contribution in [-0.2, 0) is 0 Å². The molecule has 1 saturated heterocycles. The molecule has 1 heterocycles. The molecule has 4 nitrogen and oxygen atoms in total. The summed E-state index contributed by atoms with van der Waals surface area (Å²) in [5.74, 6) is 0.597. The third-order valence-electron chi connectivity index (χ3n) is 3.73. The van der Waals surface area contributed by atoms with Crippen LogP contribution in [0, 0.1) is 12.8 Å². The second-order valence-corrected chi connectivity index (χ2v) is 5.43. The Hall–Kier alpha value is -1.55. The van der Waals surface area contributed by atoms with Crippen molar-refractivity contribution in [3.63, 3.8) is 0 Å². The molecule has 1 atom stereocenters. The summed E-state index contributed by atoms with van der Waals surface area (Å²) in [6.45, 7) is 4.97. The smallest absolute Gasteiger partial charge is 0.253 e. The van der Waals surface area contributed by atoms with Crippen LogP contribution in [0.3, 0.4) is 0 Å². The molecular formula is C15H23N3O. The zero-order valence-electron chi connectivity index (χ0n) is 12.0. The Morgan fingerprint density at radius 1 is 1.47 bits per heavy atom. The highest BCUT2D eigenvalue weighted by atomic mass is 16.1. The SMILES string of the molecule is CNc1ccc(C)cc1C(=O)NCC1CCN(C)C1. The number of nitrogens with zero attached hydrogens (tertiary/aromatic N) is 1. The minimum absolute atomic E-state index is 0.0163. The number of nitrogens with one attached hydrogen (secondary N) is 2. The van der Waals surface area contributed by atoms with E-state index in [0.717, 1.165) is 36.4 Å². The van der Waals surface area contributed by atoms with Gasteiger partial charge in [0.15, 0.2) is 0 Å². The Balaban J connectivity index is 1.97. The van der Waals surface area contributed by atoms with Gasteiger partial charge in [-0.25, -0.2) is 0 Å². The quantitative estimate of drug-likeness (QED) is 0.867. The number of carbonyl (C=O) groups excluding carboxylic acids is 1. The van der Waals surface area contributed by atoms with E-state index in [-0.39, 0.29) is 5.91 Å². The van der Waals surface area contributed by atoms with Gasteiger partial charge in [0, 0.05) is 25.8 Å². The van der Waals surface area contributed by atoms with Crippen LogP contribution >= 0.6 is 0 Å². The minimum Gasteiger partial charge on any atom is -0.387 e. The molecule has 4 heteroatoms. The molecule has 1 fully saturated rings. The number of hydrogen-bond acceptors (Lipinski definition) is 3. The molecule has 0 radical (unpaired) electrons. The number of aryl methyl sites for hydroxylation is 1. The fourth-order valence-electron chi connectivity index (χ4n) is 2.59. The van der Waals surface area contributed by atoms with Crippen LogP contribution in [0.25, 0.3) is 0 Å². The van der Waals surface area contributed by atoms with E-state index in [1.165, 1.54) is 6.42 Å². The van der Waals surface area contributed by atoms with Crippen LogP contribution in [0.2, 0.25) is 0 Å². The third kappa shape index (κ3) is 3.47. The van der Waals surface area contributed by atoms with Crippen molar-refractivity contribution in [2.45, 2.75) is 13.3 Å². The molecule has 1 aromatic carbocycles. The highest BCUT2D eigenvalue weighted by molar-refractivity contribution is 5.99. The van der Waals surface area contributed by atoms with Crippen LogP contribution < -0.4 is 10.6 Å². The van der Waals surface area contributed by atoms with Crippen molar-refractivity contribution in [3.05, 3.63) is 29.3 Å². The summed E-state index contributed by atoms with van der Waals surface area (Å²) >= 11 is 0. The lowest BCUT2D eigenvalue weighted by Crippen LogP contribution is -2.31. The van der Waals surface area contributed by atoms with Gasteiger partial charge in [-0.3, -0.25) is 4.79 Å². The first-order chi connectivity index (χ1) is 9.10. The average molecular weight is 261 g/mol. The van der Waals surface area contributed by atoms with Crippen LogP contribution in [0.15, 0.2) is 18.2 Å². The monoisotopic (exact) mass is 261 g/mol. The zero-order chi connectivity index (χ0) is 13.8. The van der Waals surface area contributed by atoms with Crippen molar-refractivity contribution in [3.8, 4) is 0 Å². The van der Waals surface area contributed by atoms with E-state index in [0.29, 0.717) is 5.92 Å². The van der Waals surface area contributed by atoms with E-state index >= 15 is 0 Å². The van der Waals surface area contributed by atoms with Crippen LogP contribution in [0.1, 0.15) is 22.3 Å². The molecule has 0 spiro atoms. The molecule has 1 amide bonds. The Morgan fingerprint density at radius 2 is 2.26 bits per heavy atom. The summed E-state index contributed by atoms with van der Waals surface area (Å²) in [5.41, 5.74) is 2.71. The minimum atomic E-state index is 0.0163. The Bertz CT molecular complexity index is 459. The molecule has 1 aliphatic rings. The number of amides is 1. The van der Waals surface area contributed by atoms with E-state index in [2.05, 4.69) is 22.6 Å². The molecule has 0 aromatic heterocycles. The molecule has 2 rings (SSSR count). The molecule has 0 bridgehead atoms. The number of hydrogen-bond donors (Lipinski definition) is 2. The Labute approximate surface area is 115 Å². The first-order valence-electron chi connectivity index (χ1n) is 6.85. The van der Waals surface area contributed by atoms with Crippen molar-refractivity contribution in [2.75, 3.05) is 39.0 Å². The Morgan fingerprint density at radius 3 is 2.89 bits per heavy atom. The second-order valence-electron chi connectivity index (χ2n) is 5.43. The lowest BCUT2D eigenvalue weighted by Gasteiger charge is -2.14. The summed E-state index contributed by atoms with van der Waals surface area (Å²) in [4.78, 5) is 14.6. The van der Waals surface area contributed by atoms with E-state index in [1.54, 1.807) is 0 Å². The lowest BCUT2D eigenvalue weighted by atomic mass is 10.1. The topological polar surface area (TPSA) is 44.4 Å². The van der Waals surface area contributed by atoms with Crippen molar-refractivity contribution < 1.29 is 4.79 Å². The maximum atomic E-state index is 12.3. The largest absolute Gasteiger partial charge is 0.387 e. The maximum absolute atomic E-state index is 12.3. The number of carbonyl (C=O) groups is 1. The summed E-state index contributed by atoms with van der Waals surface area (Å²) in [6.07, 6.45) is 1.17. The first kappa shape index (κ1) is 13.9. The van der Waals surface area contributed by atoms with Gasteiger partial charge in [0.05, 0.1) is 5.56 Å². The first-order valence-corrected chi connectivity index (χ1v) is 6.85. The number of rotatable bonds is 4. The molecule has 19 heavy (non-hydrogen) atoms. The van der Waals surface area contributed by atoms with Gasteiger partial charge in [0.2, 0.25) is 0 Å². The van der Waals surface area contributed by atoms with Crippen molar-refractivity contribution in [2.24, 2.45) is 5.92 Å². The molecule has 104 valence electrons. The van der Waals surface area contributed by atoms with Gasteiger partial charge in [0.1, 0.15) is 0 Å². The third-order valence-corrected chi connectivity index (χ3v) is 3.73. The average Bonchev–Trinajstić information content (AvgIpc) is 2.81. The number of benzene rings is 1. The molecule has 0 aliphatic carbocycles. The highest BCUT2D eigenvalue weighted by Gasteiger charge is 2.20. The standard InChI is InChI=1S/C15H23N3O/c1-11-4-5-14(16-2)13(8-11)15(19)17-9-12-6-7-18(3)10-12/h4-5,8,12,16H,6-7,9-10H2,1-3H3,(H,17,19). The van der Waals surface area contributed by atoms with Gasteiger partial charge < -0.3 is 15.5 Å². The molecule has 2 N–H and O–H groups in total. The lowest BCUT2D eigenvalue weighted by molar-refractivity contribution is 0.0948. The molecular weight excluding hydrogens is 238 g/mol. The molecule has 1 aromatic rings. The van der Waals surface area contributed by atoms with Gasteiger partial charge in [-0.05, 0) is 45.0 Å². The van der Waals surface area contributed by atoms with Gasteiger partial charge >= 0.3 is 0 Å². The van der Waals surface area contributed by atoms with E-state index < -0.39 is 0 Å². The van der Waals surface area contributed by atoms with Gasteiger partial charge in [-0.1, -0.05) is 11.6 Å². The number of likely N-dealkylation sites (tertiary alicyclic amines) is 1. The van der Waals surface area contributed by atoms with Crippen LogP contribution in [0.4, 0.5) is 5.69 Å². The van der Waals surface area contributed by atoms with E-state index in [4.69, 9.17) is 0 Å². The van der Waals surface area contributed by atoms with Gasteiger partial charge in [-0.2, -0.15) is 0 Å². The molecule has 0 saturated carbocycles.